The van der Waals surface area contributed by atoms with Gasteiger partial charge in [0.25, 0.3) is 0 Å². The molecule has 6 nitrogen and oxygen atoms in total. The van der Waals surface area contributed by atoms with Crippen LogP contribution in [0.1, 0.15) is 18.1 Å². The van der Waals surface area contributed by atoms with Crippen LogP contribution in [-0.4, -0.2) is 34.3 Å². The molecule has 136 valence electrons. The molecule has 25 heavy (non-hydrogen) atoms. The average Bonchev–Trinajstić information content (AvgIpc) is 2.61. The first-order chi connectivity index (χ1) is 11.9. The molecular weight excluding hydrogens is 349 g/mol. The smallest absolute Gasteiger partial charge is 0.240 e. The van der Waals surface area contributed by atoms with E-state index in [9.17, 15) is 17.9 Å². The van der Waals surface area contributed by atoms with E-state index in [1.165, 1.54) is 56.7 Å². The second kappa shape index (κ2) is 8.28. The molecule has 8 heteroatoms. The summed E-state index contributed by atoms with van der Waals surface area (Å²) in [5.74, 6) is 0.329. The summed E-state index contributed by atoms with van der Waals surface area (Å²) in [4.78, 5) is 0.0291. The van der Waals surface area contributed by atoms with Gasteiger partial charge in [-0.15, -0.1) is 0 Å². The zero-order valence-corrected chi connectivity index (χ0v) is 14.7. The largest absolute Gasteiger partial charge is 0.493 e. The Labute approximate surface area is 146 Å². The van der Waals surface area contributed by atoms with Gasteiger partial charge in [0.05, 0.1) is 25.2 Å². The van der Waals surface area contributed by atoms with Crippen molar-refractivity contribution in [2.24, 2.45) is 0 Å². The Morgan fingerprint density at radius 2 is 1.72 bits per heavy atom. The van der Waals surface area contributed by atoms with Crippen LogP contribution in [0.4, 0.5) is 4.39 Å². The maximum atomic E-state index is 12.9. The molecule has 0 amide bonds. The lowest BCUT2D eigenvalue weighted by molar-refractivity contribution is 0.169. The SMILES string of the molecule is COc1ccc(S(=O)(=O)NCCC(O)c2ccc(F)cc2)cc1OC. The molecule has 2 aromatic rings. The third-order valence-corrected chi connectivity index (χ3v) is 5.09. The number of rotatable bonds is 8. The van der Waals surface area contributed by atoms with Crippen molar-refractivity contribution in [1.82, 2.24) is 4.72 Å². The van der Waals surface area contributed by atoms with Crippen LogP contribution in [-0.2, 0) is 10.0 Å². The van der Waals surface area contributed by atoms with E-state index in [-0.39, 0.29) is 17.9 Å². The minimum Gasteiger partial charge on any atom is -0.493 e. The third kappa shape index (κ3) is 4.91. The number of hydrogen-bond acceptors (Lipinski definition) is 5. The number of hydrogen-bond donors (Lipinski definition) is 2. The summed E-state index contributed by atoms with van der Waals surface area (Å²) < 4.78 is 50.1. The fourth-order valence-corrected chi connectivity index (χ4v) is 3.31. The second-order valence-corrected chi connectivity index (χ2v) is 7.04. The second-order valence-electron chi connectivity index (χ2n) is 5.27. The van der Waals surface area contributed by atoms with Crippen molar-refractivity contribution in [1.29, 1.82) is 0 Å². The number of halogens is 1. The molecule has 0 aromatic heterocycles. The monoisotopic (exact) mass is 369 g/mol. The Kier molecular flexibility index (Phi) is 6.35. The lowest BCUT2D eigenvalue weighted by Crippen LogP contribution is -2.26. The van der Waals surface area contributed by atoms with Crippen molar-refractivity contribution in [2.75, 3.05) is 20.8 Å². The van der Waals surface area contributed by atoms with Crippen LogP contribution in [0, 0.1) is 5.82 Å². The number of nitrogens with one attached hydrogen (secondary N) is 1. The Morgan fingerprint density at radius 1 is 1.08 bits per heavy atom. The lowest BCUT2D eigenvalue weighted by atomic mass is 10.1. The van der Waals surface area contributed by atoms with Crippen molar-refractivity contribution in [3.63, 3.8) is 0 Å². The van der Waals surface area contributed by atoms with Gasteiger partial charge >= 0.3 is 0 Å². The topological polar surface area (TPSA) is 84.9 Å². The van der Waals surface area contributed by atoms with Gasteiger partial charge in [0.15, 0.2) is 11.5 Å². The number of aliphatic hydroxyl groups excluding tert-OH is 1. The van der Waals surface area contributed by atoms with Crippen LogP contribution in [0.25, 0.3) is 0 Å². The number of ether oxygens (including phenoxy) is 2. The highest BCUT2D eigenvalue weighted by Crippen LogP contribution is 2.29. The first kappa shape index (κ1) is 19.2. The Hall–Kier alpha value is -2.16. The number of aliphatic hydroxyl groups is 1. The maximum absolute atomic E-state index is 12.9. The summed E-state index contributed by atoms with van der Waals surface area (Å²) in [5.41, 5.74) is 0.520. The van der Waals surface area contributed by atoms with E-state index in [2.05, 4.69) is 4.72 Å². The Balaban J connectivity index is 2.00. The normalized spacial score (nSPS) is 12.6. The van der Waals surface area contributed by atoms with Gasteiger partial charge in [0.2, 0.25) is 10.0 Å². The molecule has 0 spiro atoms. The third-order valence-electron chi connectivity index (χ3n) is 3.63. The van der Waals surface area contributed by atoms with E-state index >= 15 is 0 Å². The molecule has 0 fully saturated rings. The van der Waals surface area contributed by atoms with E-state index in [4.69, 9.17) is 9.47 Å². The number of methoxy groups -OCH3 is 2. The molecule has 0 saturated carbocycles. The predicted molar refractivity (Wildman–Crippen MR) is 90.7 cm³/mol. The molecule has 2 rings (SSSR count). The van der Waals surface area contributed by atoms with E-state index < -0.39 is 21.9 Å². The molecule has 0 aliphatic carbocycles. The van der Waals surface area contributed by atoms with Crippen LogP contribution in [0.2, 0.25) is 0 Å². The van der Waals surface area contributed by atoms with Crippen LogP contribution in [0.3, 0.4) is 0 Å². The quantitative estimate of drug-likeness (QED) is 0.745. The number of sulfonamides is 1. The summed E-state index contributed by atoms with van der Waals surface area (Å²) in [6.07, 6.45) is -0.744. The van der Waals surface area contributed by atoms with Crippen LogP contribution in [0.5, 0.6) is 11.5 Å². The molecule has 0 radical (unpaired) electrons. The average molecular weight is 369 g/mol. The molecule has 1 unspecified atom stereocenters. The molecular formula is C17H20FNO5S. The van der Waals surface area contributed by atoms with Gasteiger partial charge < -0.3 is 14.6 Å². The molecule has 0 aliphatic heterocycles. The van der Waals surface area contributed by atoms with Crippen LogP contribution >= 0.6 is 0 Å². The van der Waals surface area contributed by atoms with Crippen molar-refractivity contribution in [3.8, 4) is 11.5 Å². The fourth-order valence-electron chi connectivity index (χ4n) is 2.25. The van der Waals surface area contributed by atoms with Gasteiger partial charge in [-0.2, -0.15) is 0 Å². The molecule has 2 N–H and O–H groups in total. The van der Waals surface area contributed by atoms with E-state index in [1.54, 1.807) is 0 Å². The zero-order chi connectivity index (χ0) is 18.4. The minimum atomic E-state index is -3.76. The van der Waals surface area contributed by atoms with Gasteiger partial charge in [0.1, 0.15) is 5.82 Å². The highest BCUT2D eigenvalue weighted by atomic mass is 32.2. The summed E-state index contributed by atoms with van der Waals surface area (Å²) in [6.45, 7) is 0.0230. The summed E-state index contributed by atoms with van der Waals surface area (Å²) in [5, 5.41) is 10.0. The van der Waals surface area contributed by atoms with Crippen molar-refractivity contribution >= 4 is 10.0 Å². The Bertz CT molecular complexity index is 808. The molecule has 0 aliphatic rings. The lowest BCUT2D eigenvalue weighted by Gasteiger charge is -2.13. The van der Waals surface area contributed by atoms with E-state index in [0.717, 1.165) is 0 Å². The van der Waals surface area contributed by atoms with E-state index in [1.807, 2.05) is 0 Å². The van der Waals surface area contributed by atoms with Gasteiger partial charge in [-0.3, -0.25) is 0 Å². The first-order valence-electron chi connectivity index (χ1n) is 7.52. The molecule has 2 aromatic carbocycles. The zero-order valence-electron chi connectivity index (χ0n) is 13.9. The minimum absolute atomic E-state index is 0.0230. The number of benzene rings is 2. The summed E-state index contributed by atoms with van der Waals surface area (Å²) in [6, 6.07) is 9.67. The highest BCUT2D eigenvalue weighted by Gasteiger charge is 2.17. The predicted octanol–water partition coefficient (Wildman–Crippen LogP) is 2.24. The van der Waals surface area contributed by atoms with Crippen molar-refractivity contribution in [2.45, 2.75) is 17.4 Å². The Morgan fingerprint density at radius 3 is 2.32 bits per heavy atom. The molecule has 1 atom stereocenters. The molecule has 0 heterocycles. The van der Waals surface area contributed by atoms with Gasteiger partial charge in [-0.1, -0.05) is 12.1 Å². The molecule has 0 saturated heterocycles. The van der Waals surface area contributed by atoms with Crippen molar-refractivity contribution < 1.29 is 27.4 Å². The van der Waals surface area contributed by atoms with Crippen LogP contribution in [0.15, 0.2) is 47.4 Å². The standard InChI is InChI=1S/C17H20FNO5S/c1-23-16-8-7-14(11-17(16)24-2)25(21,22)19-10-9-15(20)12-3-5-13(18)6-4-12/h3-8,11,15,19-20H,9-10H2,1-2H3. The fraction of sp³-hybridized carbons (Fsp3) is 0.294. The van der Waals surface area contributed by atoms with Crippen molar-refractivity contribution in [3.05, 3.63) is 53.8 Å². The van der Waals surface area contributed by atoms with E-state index in [0.29, 0.717) is 17.1 Å². The summed E-state index contributed by atoms with van der Waals surface area (Å²) in [7, 11) is -0.882. The molecule has 0 bridgehead atoms. The van der Waals surface area contributed by atoms with Gasteiger partial charge in [0, 0.05) is 12.6 Å². The van der Waals surface area contributed by atoms with Gasteiger partial charge in [-0.25, -0.2) is 17.5 Å². The first-order valence-corrected chi connectivity index (χ1v) is 9.01. The highest BCUT2D eigenvalue weighted by molar-refractivity contribution is 7.89. The summed E-state index contributed by atoms with van der Waals surface area (Å²) >= 11 is 0. The maximum Gasteiger partial charge on any atom is 0.240 e. The van der Waals surface area contributed by atoms with Crippen LogP contribution < -0.4 is 14.2 Å². The van der Waals surface area contributed by atoms with Gasteiger partial charge in [-0.05, 0) is 36.2 Å².